The second kappa shape index (κ2) is 6.81. The normalized spacial score (nSPS) is 11.6. The molecule has 2 rings (SSSR count). The Bertz CT molecular complexity index is 658. The Balaban J connectivity index is 2.04. The Labute approximate surface area is 122 Å². The van der Waals surface area contributed by atoms with E-state index in [2.05, 4.69) is 15.5 Å². The fourth-order valence-electron chi connectivity index (χ4n) is 1.98. The van der Waals surface area contributed by atoms with Crippen molar-refractivity contribution in [2.75, 3.05) is 0 Å². The number of rotatable bonds is 5. The maximum atomic E-state index is 13.5. The third kappa shape index (κ3) is 4.00. The number of aromatic nitrogens is 1. The topological polar surface area (TPSA) is 83.5 Å². The fourth-order valence-corrected chi connectivity index (χ4v) is 1.98. The SMILES string of the molecule is Cc1ccncc1CNCc1cc(F)cc(/C(N)=N/O)c1. The summed E-state index contributed by atoms with van der Waals surface area (Å²) in [5.74, 6) is -0.535. The van der Waals surface area contributed by atoms with Gasteiger partial charge in [-0.2, -0.15) is 0 Å². The van der Waals surface area contributed by atoms with Crippen LogP contribution >= 0.6 is 0 Å². The molecule has 6 heteroatoms. The van der Waals surface area contributed by atoms with Crippen molar-refractivity contribution >= 4 is 5.84 Å². The Morgan fingerprint density at radius 2 is 2.19 bits per heavy atom. The number of hydrogen-bond donors (Lipinski definition) is 3. The standard InChI is InChI=1S/C15H17FN4O/c1-10-2-3-18-8-13(10)9-19-7-11-4-12(15(17)20-21)6-14(16)5-11/h2-6,8,19,21H,7,9H2,1H3,(H2,17,20). The van der Waals surface area contributed by atoms with Crippen LogP contribution in [0.1, 0.15) is 22.3 Å². The van der Waals surface area contributed by atoms with Crippen LogP contribution in [-0.2, 0) is 13.1 Å². The molecule has 0 unspecified atom stereocenters. The summed E-state index contributed by atoms with van der Waals surface area (Å²) >= 11 is 0. The molecule has 4 N–H and O–H groups in total. The highest BCUT2D eigenvalue weighted by atomic mass is 19.1. The zero-order valence-corrected chi connectivity index (χ0v) is 11.7. The molecule has 2 aromatic rings. The number of pyridine rings is 1. The van der Waals surface area contributed by atoms with Crippen molar-refractivity contribution in [1.82, 2.24) is 10.3 Å². The zero-order valence-electron chi connectivity index (χ0n) is 11.7. The number of halogens is 1. The lowest BCUT2D eigenvalue weighted by Gasteiger charge is -2.09. The molecule has 0 radical (unpaired) electrons. The van der Waals surface area contributed by atoms with Gasteiger partial charge in [0.15, 0.2) is 5.84 Å². The molecule has 1 aromatic heterocycles. The minimum absolute atomic E-state index is 0.112. The van der Waals surface area contributed by atoms with Gasteiger partial charge in [-0.3, -0.25) is 4.98 Å². The summed E-state index contributed by atoms with van der Waals surface area (Å²) < 4.78 is 13.5. The largest absolute Gasteiger partial charge is 0.409 e. The van der Waals surface area contributed by atoms with Gasteiger partial charge >= 0.3 is 0 Å². The molecule has 0 saturated heterocycles. The molecule has 0 amide bonds. The molecule has 1 aromatic carbocycles. The Morgan fingerprint density at radius 1 is 1.38 bits per heavy atom. The third-order valence-corrected chi connectivity index (χ3v) is 3.15. The molecule has 1 heterocycles. The maximum Gasteiger partial charge on any atom is 0.170 e. The minimum atomic E-state index is -0.423. The van der Waals surface area contributed by atoms with Crippen LogP contribution < -0.4 is 11.1 Å². The third-order valence-electron chi connectivity index (χ3n) is 3.15. The molecule has 0 fully saturated rings. The average molecular weight is 288 g/mol. The van der Waals surface area contributed by atoms with Gasteiger partial charge in [0, 0.05) is 31.0 Å². The van der Waals surface area contributed by atoms with Crippen LogP contribution in [-0.4, -0.2) is 16.0 Å². The molecule has 0 spiro atoms. The van der Waals surface area contributed by atoms with Gasteiger partial charge in [-0.15, -0.1) is 0 Å². The smallest absolute Gasteiger partial charge is 0.170 e. The van der Waals surface area contributed by atoms with Crippen molar-refractivity contribution in [3.63, 3.8) is 0 Å². The molecule has 0 aliphatic heterocycles. The van der Waals surface area contributed by atoms with E-state index in [4.69, 9.17) is 10.9 Å². The van der Waals surface area contributed by atoms with Crippen molar-refractivity contribution < 1.29 is 9.60 Å². The molecular weight excluding hydrogens is 271 g/mol. The van der Waals surface area contributed by atoms with Gasteiger partial charge < -0.3 is 16.3 Å². The molecule has 21 heavy (non-hydrogen) atoms. The summed E-state index contributed by atoms with van der Waals surface area (Å²) in [6.45, 7) is 3.12. The van der Waals surface area contributed by atoms with E-state index in [0.717, 1.165) is 16.7 Å². The van der Waals surface area contributed by atoms with Crippen molar-refractivity contribution in [2.24, 2.45) is 10.9 Å². The Hall–Kier alpha value is -2.47. The van der Waals surface area contributed by atoms with E-state index in [1.807, 2.05) is 13.0 Å². The van der Waals surface area contributed by atoms with E-state index in [-0.39, 0.29) is 5.84 Å². The lowest BCUT2D eigenvalue weighted by molar-refractivity contribution is 0.318. The summed E-state index contributed by atoms with van der Waals surface area (Å²) in [6.07, 6.45) is 3.55. The first-order chi connectivity index (χ1) is 10.1. The minimum Gasteiger partial charge on any atom is -0.409 e. The lowest BCUT2D eigenvalue weighted by atomic mass is 10.1. The number of nitrogens with one attached hydrogen (secondary N) is 1. The lowest BCUT2D eigenvalue weighted by Crippen LogP contribution is -2.16. The summed E-state index contributed by atoms with van der Waals surface area (Å²) in [4.78, 5) is 4.07. The molecule has 0 bridgehead atoms. The van der Waals surface area contributed by atoms with Gasteiger partial charge in [0.1, 0.15) is 5.82 Å². The number of aryl methyl sites for hydroxylation is 1. The first-order valence-electron chi connectivity index (χ1n) is 6.47. The van der Waals surface area contributed by atoms with Gasteiger partial charge in [-0.1, -0.05) is 5.16 Å². The van der Waals surface area contributed by atoms with Crippen molar-refractivity contribution in [2.45, 2.75) is 20.0 Å². The van der Waals surface area contributed by atoms with Crippen LogP contribution in [0.25, 0.3) is 0 Å². The van der Waals surface area contributed by atoms with E-state index in [1.165, 1.54) is 12.1 Å². The summed E-state index contributed by atoms with van der Waals surface area (Å²) in [6, 6.07) is 6.26. The van der Waals surface area contributed by atoms with Crippen molar-refractivity contribution in [1.29, 1.82) is 0 Å². The summed E-state index contributed by atoms with van der Waals surface area (Å²) in [5, 5.41) is 14.7. The van der Waals surface area contributed by atoms with Crippen molar-refractivity contribution in [3.05, 3.63) is 64.7 Å². The highest BCUT2D eigenvalue weighted by Gasteiger charge is 2.05. The highest BCUT2D eigenvalue weighted by Crippen LogP contribution is 2.10. The van der Waals surface area contributed by atoms with Crippen LogP contribution in [0.2, 0.25) is 0 Å². The van der Waals surface area contributed by atoms with Crippen LogP contribution in [0.15, 0.2) is 41.8 Å². The highest BCUT2D eigenvalue weighted by molar-refractivity contribution is 5.97. The average Bonchev–Trinajstić information content (AvgIpc) is 2.48. The Kier molecular flexibility index (Phi) is 4.84. The number of nitrogens with two attached hydrogens (primary N) is 1. The van der Waals surface area contributed by atoms with Crippen LogP contribution in [0.3, 0.4) is 0 Å². The van der Waals surface area contributed by atoms with E-state index >= 15 is 0 Å². The second-order valence-corrected chi connectivity index (χ2v) is 4.74. The number of amidine groups is 1. The van der Waals surface area contributed by atoms with Crippen LogP contribution in [0.5, 0.6) is 0 Å². The molecule has 0 atom stereocenters. The molecule has 5 nitrogen and oxygen atoms in total. The molecule has 0 saturated carbocycles. The molecule has 0 aliphatic rings. The van der Waals surface area contributed by atoms with Gasteiger partial charge in [0.25, 0.3) is 0 Å². The number of benzene rings is 1. The van der Waals surface area contributed by atoms with Gasteiger partial charge in [-0.05, 0) is 47.9 Å². The van der Waals surface area contributed by atoms with E-state index in [1.54, 1.807) is 18.5 Å². The summed E-state index contributed by atoms with van der Waals surface area (Å²) in [5.41, 5.74) is 8.79. The van der Waals surface area contributed by atoms with Gasteiger partial charge in [0.2, 0.25) is 0 Å². The van der Waals surface area contributed by atoms with Gasteiger partial charge in [0.05, 0.1) is 0 Å². The monoisotopic (exact) mass is 288 g/mol. The molecule has 0 aliphatic carbocycles. The van der Waals surface area contributed by atoms with E-state index < -0.39 is 5.82 Å². The molecular formula is C15H17FN4O. The van der Waals surface area contributed by atoms with E-state index in [0.29, 0.717) is 18.7 Å². The number of oxime groups is 1. The van der Waals surface area contributed by atoms with Crippen LogP contribution in [0, 0.1) is 12.7 Å². The first-order valence-corrected chi connectivity index (χ1v) is 6.47. The quantitative estimate of drug-likeness (QED) is 0.340. The zero-order chi connectivity index (χ0) is 15.2. The maximum absolute atomic E-state index is 13.5. The molecule has 110 valence electrons. The number of nitrogens with zero attached hydrogens (tertiary/aromatic N) is 2. The van der Waals surface area contributed by atoms with Crippen molar-refractivity contribution in [3.8, 4) is 0 Å². The summed E-state index contributed by atoms with van der Waals surface area (Å²) in [7, 11) is 0. The Morgan fingerprint density at radius 3 is 2.90 bits per heavy atom. The predicted molar refractivity (Wildman–Crippen MR) is 78.4 cm³/mol. The van der Waals surface area contributed by atoms with E-state index in [9.17, 15) is 4.39 Å². The fraction of sp³-hybridized carbons (Fsp3) is 0.200. The van der Waals surface area contributed by atoms with Crippen LogP contribution in [0.4, 0.5) is 4.39 Å². The number of hydrogen-bond acceptors (Lipinski definition) is 4. The first kappa shape index (κ1) is 14.9. The second-order valence-electron chi connectivity index (χ2n) is 4.74. The van der Waals surface area contributed by atoms with Gasteiger partial charge in [-0.25, -0.2) is 4.39 Å². The predicted octanol–water partition coefficient (Wildman–Crippen LogP) is 1.91.